The molecule has 4 nitrogen and oxygen atoms in total. The number of piperidine rings is 1. The number of methoxy groups -OCH3 is 1. The lowest BCUT2D eigenvalue weighted by atomic mass is 10.1. The van der Waals surface area contributed by atoms with E-state index in [1.807, 2.05) is 24.3 Å². The van der Waals surface area contributed by atoms with Crippen LogP contribution in [0, 0.1) is 0 Å². The molecular formula is C17H26N2O2. The third-order valence-electron chi connectivity index (χ3n) is 3.92. The summed E-state index contributed by atoms with van der Waals surface area (Å²) < 4.78 is 5.16. The molecule has 1 N–H and O–H groups in total. The first-order chi connectivity index (χ1) is 10.3. The molecule has 116 valence electrons. The molecule has 1 aromatic carbocycles. The van der Waals surface area contributed by atoms with Gasteiger partial charge in [0.1, 0.15) is 5.75 Å². The highest BCUT2D eigenvalue weighted by molar-refractivity contribution is 5.78. The second kappa shape index (κ2) is 8.67. The smallest absolute Gasteiger partial charge is 0.224 e. The Bertz CT molecular complexity index is 442. The van der Waals surface area contributed by atoms with Gasteiger partial charge in [-0.05, 0) is 56.6 Å². The fourth-order valence-electron chi connectivity index (χ4n) is 2.74. The van der Waals surface area contributed by atoms with Gasteiger partial charge in [-0.2, -0.15) is 0 Å². The standard InChI is InChI=1S/C17H26N2O2/c1-21-16-8-5-7-15(13-16)14-17(20)18-9-6-12-19-10-3-2-4-11-19/h5,7-8,13H,2-4,6,9-12,14H2,1H3,(H,18,20). The Morgan fingerprint density at radius 2 is 2.10 bits per heavy atom. The Labute approximate surface area is 127 Å². The predicted molar refractivity (Wildman–Crippen MR) is 84.6 cm³/mol. The molecule has 1 aliphatic rings. The Balaban J connectivity index is 1.62. The first-order valence-electron chi connectivity index (χ1n) is 7.90. The van der Waals surface area contributed by atoms with Gasteiger partial charge in [0.25, 0.3) is 0 Å². The van der Waals surface area contributed by atoms with Crippen LogP contribution >= 0.6 is 0 Å². The maximum absolute atomic E-state index is 11.9. The molecule has 1 amide bonds. The number of carbonyl (C=O) groups excluding carboxylic acids is 1. The Kier molecular flexibility index (Phi) is 6.54. The molecule has 0 atom stereocenters. The average molecular weight is 290 g/mol. The van der Waals surface area contributed by atoms with E-state index in [0.717, 1.165) is 30.8 Å². The fraction of sp³-hybridized carbons (Fsp3) is 0.588. The quantitative estimate of drug-likeness (QED) is 0.783. The molecular weight excluding hydrogens is 264 g/mol. The molecule has 2 rings (SSSR count). The van der Waals surface area contributed by atoms with Crippen molar-refractivity contribution in [1.29, 1.82) is 0 Å². The minimum Gasteiger partial charge on any atom is -0.497 e. The van der Waals surface area contributed by atoms with Crippen LogP contribution < -0.4 is 10.1 Å². The van der Waals surface area contributed by atoms with E-state index in [0.29, 0.717) is 6.42 Å². The highest BCUT2D eigenvalue weighted by atomic mass is 16.5. The van der Waals surface area contributed by atoms with E-state index in [9.17, 15) is 4.79 Å². The number of nitrogens with one attached hydrogen (secondary N) is 1. The number of nitrogens with zero attached hydrogens (tertiary/aromatic N) is 1. The van der Waals surface area contributed by atoms with Gasteiger partial charge in [-0.3, -0.25) is 4.79 Å². The molecule has 0 aliphatic carbocycles. The number of rotatable bonds is 7. The number of benzene rings is 1. The third kappa shape index (κ3) is 5.76. The monoisotopic (exact) mass is 290 g/mol. The Hall–Kier alpha value is -1.55. The zero-order valence-corrected chi connectivity index (χ0v) is 12.9. The largest absolute Gasteiger partial charge is 0.497 e. The number of ether oxygens (including phenoxy) is 1. The second-order valence-corrected chi connectivity index (χ2v) is 5.63. The summed E-state index contributed by atoms with van der Waals surface area (Å²) in [6.45, 7) is 4.30. The van der Waals surface area contributed by atoms with Crippen molar-refractivity contribution in [1.82, 2.24) is 10.2 Å². The lowest BCUT2D eigenvalue weighted by Crippen LogP contribution is -2.33. The van der Waals surface area contributed by atoms with E-state index in [1.165, 1.54) is 32.4 Å². The van der Waals surface area contributed by atoms with Gasteiger partial charge in [0.2, 0.25) is 5.91 Å². The predicted octanol–water partition coefficient (Wildman–Crippen LogP) is 2.23. The van der Waals surface area contributed by atoms with Crippen LogP contribution in [0.15, 0.2) is 24.3 Å². The van der Waals surface area contributed by atoms with Gasteiger partial charge in [-0.15, -0.1) is 0 Å². The van der Waals surface area contributed by atoms with Crippen molar-refractivity contribution >= 4 is 5.91 Å². The summed E-state index contributed by atoms with van der Waals surface area (Å²) in [4.78, 5) is 14.4. The highest BCUT2D eigenvalue weighted by Gasteiger charge is 2.09. The normalized spacial score (nSPS) is 15.7. The molecule has 0 aromatic heterocycles. The van der Waals surface area contributed by atoms with Crippen LogP contribution in [0.25, 0.3) is 0 Å². The van der Waals surface area contributed by atoms with Gasteiger partial charge < -0.3 is 15.0 Å². The van der Waals surface area contributed by atoms with Crippen molar-refractivity contribution in [2.24, 2.45) is 0 Å². The number of amides is 1. The van der Waals surface area contributed by atoms with Crippen molar-refractivity contribution in [2.75, 3.05) is 33.3 Å². The highest BCUT2D eigenvalue weighted by Crippen LogP contribution is 2.13. The number of carbonyl (C=O) groups is 1. The van der Waals surface area contributed by atoms with Crippen LogP contribution in [0.2, 0.25) is 0 Å². The van der Waals surface area contributed by atoms with Crippen molar-refractivity contribution in [3.63, 3.8) is 0 Å². The average Bonchev–Trinajstić information content (AvgIpc) is 2.53. The molecule has 0 radical (unpaired) electrons. The summed E-state index contributed by atoms with van der Waals surface area (Å²) in [5.41, 5.74) is 0.989. The van der Waals surface area contributed by atoms with Crippen molar-refractivity contribution in [3.8, 4) is 5.75 Å². The minimum atomic E-state index is 0.0851. The van der Waals surface area contributed by atoms with Gasteiger partial charge >= 0.3 is 0 Å². The molecule has 1 saturated heterocycles. The van der Waals surface area contributed by atoms with Crippen molar-refractivity contribution in [3.05, 3.63) is 29.8 Å². The first-order valence-corrected chi connectivity index (χ1v) is 7.90. The molecule has 0 unspecified atom stereocenters. The van der Waals surface area contributed by atoms with Gasteiger partial charge in [0, 0.05) is 6.54 Å². The van der Waals surface area contributed by atoms with E-state index in [1.54, 1.807) is 7.11 Å². The maximum atomic E-state index is 11.9. The van der Waals surface area contributed by atoms with Crippen LogP contribution in [0.4, 0.5) is 0 Å². The lowest BCUT2D eigenvalue weighted by molar-refractivity contribution is -0.120. The van der Waals surface area contributed by atoms with Gasteiger partial charge in [0.05, 0.1) is 13.5 Å². The van der Waals surface area contributed by atoms with E-state index in [4.69, 9.17) is 4.74 Å². The molecule has 1 fully saturated rings. The first kappa shape index (κ1) is 15.8. The second-order valence-electron chi connectivity index (χ2n) is 5.63. The lowest BCUT2D eigenvalue weighted by Gasteiger charge is -2.26. The fourth-order valence-corrected chi connectivity index (χ4v) is 2.74. The van der Waals surface area contributed by atoms with Crippen LogP contribution in [0.5, 0.6) is 5.75 Å². The Morgan fingerprint density at radius 3 is 2.86 bits per heavy atom. The van der Waals surface area contributed by atoms with Crippen LogP contribution in [0.3, 0.4) is 0 Å². The summed E-state index contributed by atoms with van der Waals surface area (Å²) in [6.07, 6.45) is 5.46. The van der Waals surface area contributed by atoms with E-state index >= 15 is 0 Å². The summed E-state index contributed by atoms with van der Waals surface area (Å²) in [5, 5.41) is 3.00. The number of hydrogen-bond acceptors (Lipinski definition) is 3. The summed E-state index contributed by atoms with van der Waals surface area (Å²) in [6, 6.07) is 7.67. The summed E-state index contributed by atoms with van der Waals surface area (Å²) in [5.74, 6) is 0.882. The zero-order valence-electron chi connectivity index (χ0n) is 12.9. The molecule has 0 spiro atoms. The van der Waals surface area contributed by atoms with Crippen molar-refractivity contribution < 1.29 is 9.53 Å². The van der Waals surface area contributed by atoms with Gasteiger partial charge in [0.15, 0.2) is 0 Å². The van der Waals surface area contributed by atoms with E-state index in [2.05, 4.69) is 10.2 Å². The number of hydrogen-bond donors (Lipinski definition) is 1. The van der Waals surface area contributed by atoms with Crippen LogP contribution in [-0.2, 0) is 11.2 Å². The van der Waals surface area contributed by atoms with Gasteiger partial charge in [-0.25, -0.2) is 0 Å². The Morgan fingerprint density at radius 1 is 1.29 bits per heavy atom. The maximum Gasteiger partial charge on any atom is 0.224 e. The van der Waals surface area contributed by atoms with Gasteiger partial charge in [-0.1, -0.05) is 18.6 Å². The van der Waals surface area contributed by atoms with Crippen molar-refractivity contribution in [2.45, 2.75) is 32.1 Å². The molecule has 0 saturated carbocycles. The van der Waals surface area contributed by atoms with Crippen LogP contribution in [0.1, 0.15) is 31.2 Å². The topological polar surface area (TPSA) is 41.6 Å². The SMILES string of the molecule is COc1cccc(CC(=O)NCCCN2CCCCC2)c1. The summed E-state index contributed by atoms with van der Waals surface area (Å²) >= 11 is 0. The third-order valence-corrected chi connectivity index (χ3v) is 3.92. The van der Waals surface area contributed by atoms with Crippen LogP contribution in [-0.4, -0.2) is 44.1 Å². The molecule has 1 aliphatic heterocycles. The zero-order chi connectivity index (χ0) is 14.9. The molecule has 0 bridgehead atoms. The minimum absolute atomic E-state index is 0.0851. The number of likely N-dealkylation sites (tertiary alicyclic amines) is 1. The van der Waals surface area contributed by atoms with E-state index < -0.39 is 0 Å². The summed E-state index contributed by atoms with van der Waals surface area (Å²) in [7, 11) is 1.64. The van der Waals surface area contributed by atoms with E-state index in [-0.39, 0.29) is 5.91 Å². The molecule has 21 heavy (non-hydrogen) atoms. The molecule has 1 aromatic rings. The molecule has 1 heterocycles. The molecule has 4 heteroatoms.